The van der Waals surface area contributed by atoms with Crippen molar-refractivity contribution >= 4 is 21.8 Å². The van der Waals surface area contributed by atoms with Crippen LogP contribution >= 0.6 is 15.9 Å². The third-order valence-corrected chi connectivity index (χ3v) is 3.48. The van der Waals surface area contributed by atoms with Gasteiger partial charge in [-0.1, -0.05) is 52.3 Å². The number of benzene rings is 2. The number of carbonyl (C=O) groups is 1. The number of hydrogen-bond acceptors (Lipinski definition) is 2. The van der Waals surface area contributed by atoms with E-state index in [1.807, 2.05) is 30.3 Å². The predicted molar refractivity (Wildman–Crippen MR) is 82.4 cm³/mol. The number of amides is 1. The molecule has 0 aromatic heterocycles. The molecule has 1 atom stereocenters. The monoisotopic (exact) mass is 351 g/mol. The molecular formula is C16H15BrFNO2. The Morgan fingerprint density at radius 3 is 2.62 bits per heavy atom. The molecule has 0 spiro atoms. The predicted octanol–water partition coefficient (Wildman–Crippen LogP) is 3.44. The Kier molecular flexibility index (Phi) is 5.47. The lowest BCUT2D eigenvalue weighted by molar-refractivity contribution is -0.125. The van der Waals surface area contributed by atoms with E-state index in [4.69, 9.17) is 4.74 Å². The van der Waals surface area contributed by atoms with Gasteiger partial charge in [0.1, 0.15) is 12.4 Å². The van der Waals surface area contributed by atoms with Crippen LogP contribution in [0, 0.1) is 5.82 Å². The largest absolute Gasteiger partial charge is 0.375 e. The Morgan fingerprint density at radius 2 is 2.00 bits per heavy atom. The third kappa shape index (κ3) is 4.12. The first kappa shape index (κ1) is 15.7. The van der Waals surface area contributed by atoms with Crippen LogP contribution in [0.1, 0.15) is 17.2 Å². The van der Waals surface area contributed by atoms with Gasteiger partial charge in [-0.05, 0) is 17.7 Å². The minimum absolute atomic E-state index is 0.0680. The summed E-state index contributed by atoms with van der Waals surface area (Å²) in [4.78, 5) is 11.8. The van der Waals surface area contributed by atoms with E-state index in [-0.39, 0.29) is 18.3 Å². The van der Waals surface area contributed by atoms with Crippen molar-refractivity contribution in [1.29, 1.82) is 0 Å². The van der Waals surface area contributed by atoms with Crippen molar-refractivity contribution < 1.29 is 13.9 Å². The summed E-state index contributed by atoms with van der Waals surface area (Å²) in [6.07, 6.45) is 0. The third-order valence-electron chi connectivity index (χ3n) is 2.99. The number of methoxy groups -OCH3 is 1. The highest BCUT2D eigenvalue weighted by Crippen LogP contribution is 2.26. The molecule has 0 heterocycles. The van der Waals surface area contributed by atoms with E-state index in [0.717, 1.165) is 5.56 Å². The van der Waals surface area contributed by atoms with Gasteiger partial charge in [0.05, 0.1) is 6.04 Å². The van der Waals surface area contributed by atoms with Crippen molar-refractivity contribution in [3.05, 3.63) is 69.9 Å². The number of carbonyl (C=O) groups excluding carboxylic acids is 1. The molecular weight excluding hydrogens is 337 g/mol. The van der Waals surface area contributed by atoms with Gasteiger partial charge in [0.2, 0.25) is 5.91 Å². The topological polar surface area (TPSA) is 38.3 Å². The van der Waals surface area contributed by atoms with Crippen molar-refractivity contribution in [3.8, 4) is 0 Å². The maximum Gasteiger partial charge on any atom is 0.246 e. The molecule has 1 amide bonds. The van der Waals surface area contributed by atoms with Crippen LogP contribution in [0.4, 0.5) is 4.39 Å². The second-order valence-electron chi connectivity index (χ2n) is 4.51. The lowest BCUT2D eigenvalue weighted by Gasteiger charge is -2.20. The number of hydrogen-bond donors (Lipinski definition) is 1. The van der Waals surface area contributed by atoms with Crippen molar-refractivity contribution in [2.45, 2.75) is 6.04 Å². The van der Waals surface area contributed by atoms with Crippen LogP contribution in [0.2, 0.25) is 0 Å². The standard InChI is InChI=1S/C16H15BrFNO2/c1-21-10-15(20)19-16(11-5-3-2-4-6-11)13-8-7-12(17)9-14(13)18/h2-9,16H,10H2,1H3,(H,19,20)/t16-/m0/s1. The number of rotatable bonds is 5. The molecule has 21 heavy (non-hydrogen) atoms. The summed E-state index contributed by atoms with van der Waals surface area (Å²) in [5.41, 5.74) is 1.22. The molecule has 0 aliphatic carbocycles. The zero-order valence-corrected chi connectivity index (χ0v) is 13.1. The molecule has 1 N–H and O–H groups in total. The molecule has 110 valence electrons. The van der Waals surface area contributed by atoms with Gasteiger partial charge in [-0.15, -0.1) is 0 Å². The first-order chi connectivity index (χ1) is 10.1. The van der Waals surface area contributed by atoms with E-state index in [1.165, 1.54) is 13.2 Å². The molecule has 0 saturated carbocycles. The first-order valence-corrected chi connectivity index (χ1v) is 7.19. The van der Waals surface area contributed by atoms with Gasteiger partial charge in [-0.2, -0.15) is 0 Å². The molecule has 0 bridgehead atoms. The summed E-state index contributed by atoms with van der Waals surface area (Å²) in [6.45, 7) is -0.0680. The fraction of sp³-hybridized carbons (Fsp3) is 0.188. The first-order valence-electron chi connectivity index (χ1n) is 6.40. The van der Waals surface area contributed by atoms with Crippen molar-refractivity contribution in [1.82, 2.24) is 5.32 Å². The van der Waals surface area contributed by atoms with Gasteiger partial charge in [0, 0.05) is 17.1 Å². The Balaban J connectivity index is 2.38. The van der Waals surface area contributed by atoms with Crippen LogP contribution in [-0.2, 0) is 9.53 Å². The van der Waals surface area contributed by atoms with E-state index >= 15 is 0 Å². The highest BCUT2D eigenvalue weighted by molar-refractivity contribution is 9.10. The normalized spacial score (nSPS) is 12.0. The Hall–Kier alpha value is -1.72. The highest BCUT2D eigenvalue weighted by atomic mass is 79.9. The maximum atomic E-state index is 14.2. The fourth-order valence-electron chi connectivity index (χ4n) is 2.06. The summed E-state index contributed by atoms with van der Waals surface area (Å²) < 4.78 is 19.7. The van der Waals surface area contributed by atoms with Gasteiger partial charge in [-0.25, -0.2) is 4.39 Å². The van der Waals surface area contributed by atoms with Crippen LogP contribution in [0.3, 0.4) is 0 Å². The van der Waals surface area contributed by atoms with E-state index in [0.29, 0.717) is 10.0 Å². The van der Waals surface area contributed by atoms with Crippen LogP contribution in [0.5, 0.6) is 0 Å². The average molecular weight is 352 g/mol. The summed E-state index contributed by atoms with van der Waals surface area (Å²) in [5, 5.41) is 2.79. The number of nitrogens with one attached hydrogen (secondary N) is 1. The van der Waals surface area contributed by atoms with Crippen LogP contribution in [0.25, 0.3) is 0 Å². The van der Waals surface area contributed by atoms with Crippen LogP contribution in [-0.4, -0.2) is 19.6 Å². The Bertz CT molecular complexity index is 619. The molecule has 2 aromatic carbocycles. The molecule has 0 fully saturated rings. The van der Waals surface area contributed by atoms with Gasteiger partial charge in [0.15, 0.2) is 0 Å². The molecule has 0 aliphatic heterocycles. The van der Waals surface area contributed by atoms with Gasteiger partial charge < -0.3 is 10.1 Å². The molecule has 2 aromatic rings. The lowest BCUT2D eigenvalue weighted by Crippen LogP contribution is -2.32. The number of ether oxygens (including phenoxy) is 1. The summed E-state index contributed by atoms with van der Waals surface area (Å²) >= 11 is 3.23. The smallest absolute Gasteiger partial charge is 0.246 e. The quantitative estimate of drug-likeness (QED) is 0.895. The minimum Gasteiger partial charge on any atom is -0.375 e. The van der Waals surface area contributed by atoms with E-state index in [9.17, 15) is 9.18 Å². The highest BCUT2D eigenvalue weighted by Gasteiger charge is 2.20. The van der Waals surface area contributed by atoms with Crippen LogP contribution < -0.4 is 5.32 Å². The average Bonchev–Trinajstić information content (AvgIpc) is 2.47. The minimum atomic E-state index is -0.554. The Labute approximate surface area is 131 Å². The zero-order valence-electron chi connectivity index (χ0n) is 11.5. The second-order valence-corrected chi connectivity index (χ2v) is 5.43. The second kappa shape index (κ2) is 7.33. The van der Waals surface area contributed by atoms with Crippen molar-refractivity contribution in [2.75, 3.05) is 13.7 Å². The fourth-order valence-corrected chi connectivity index (χ4v) is 2.39. The summed E-state index contributed by atoms with van der Waals surface area (Å²) in [6, 6.07) is 13.5. The maximum absolute atomic E-state index is 14.2. The lowest BCUT2D eigenvalue weighted by atomic mass is 9.98. The van der Waals surface area contributed by atoms with Crippen LogP contribution in [0.15, 0.2) is 53.0 Å². The molecule has 2 rings (SSSR count). The van der Waals surface area contributed by atoms with E-state index in [2.05, 4.69) is 21.2 Å². The Morgan fingerprint density at radius 1 is 1.29 bits per heavy atom. The summed E-state index contributed by atoms with van der Waals surface area (Å²) in [7, 11) is 1.44. The molecule has 0 saturated heterocycles. The van der Waals surface area contributed by atoms with E-state index in [1.54, 1.807) is 12.1 Å². The van der Waals surface area contributed by atoms with E-state index < -0.39 is 6.04 Å². The van der Waals surface area contributed by atoms with Gasteiger partial charge in [-0.3, -0.25) is 4.79 Å². The van der Waals surface area contributed by atoms with Gasteiger partial charge >= 0.3 is 0 Å². The molecule has 0 radical (unpaired) electrons. The number of halogens is 2. The SMILES string of the molecule is COCC(=O)N[C@@H](c1ccccc1)c1ccc(Br)cc1F. The summed E-state index contributed by atoms with van der Waals surface area (Å²) in [5.74, 6) is -0.676. The van der Waals surface area contributed by atoms with Crippen molar-refractivity contribution in [2.24, 2.45) is 0 Å². The molecule has 0 aliphatic rings. The molecule has 0 unspecified atom stereocenters. The zero-order chi connectivity index (χ0) is 15.2. The molecule has 3 nitrogen and oxygen atoms in total. The molecule has 5 heteroatoms. The van der Waals surface area contributed by atoms with Crippen molar-refractivity contribution in [3.63, 3.8) is 0 Å². The van der Waals surface area contributed by atoms with Gasteiger partial charge in [0.25, 0.3) is 0 Å².